The van der Waals surface area contributed by atoms with E-state index in [0.717, 1.165) is 0 Å². The van der Waals surface area contributed by atoms with Crippen LogP contribution in [0.4, 0.5) is 9.18 Å². The first-order valence-corrected chi connectivity index (χ1v) is 5.85. The topological polar surface area (TPSA) is 51.2 Å². The van der Waals surface area contributed by atoms with Gasteiger partial charge in [0, 0.05) is 0 Å². The molecule has 1 rings (SSSR count). The first kappa shape index (κ1) is 13.9. The lowest BCUT2D eigenvalue weighted by Gasteiger charge is -2.19. The van der Waals surface area contributed by atoms with Gasteiger partial charge in [0.25, 0.3) is 0 Å². The number of rotatable bonds is 2. The fourth-order valence-corrected chi connectivity index (χ4v) is 1.25. The number of carbonyl (C=O) groups is 1. The molecule has 0 fully saturated rings. The number of nitrogens with one attached hydrogen (secondary N) is 1. The lowest BCUT2D eigenvalue weighted by atomic mass is 10.2. The van der Waals surface area contributed by atoms with Crippen LogP contribution in [0, 0.1) is 5.95 Å². The van der Waals surface area contributed by atoms with E-state index in [2.05, 4.69) is 26.2 Å². The Labute approximate surface area is 108 Å². The Morgan fingerprint density at radius 3 is 2.71 bits per heavy atom. The van der Waals surface area contributed by atoms with E-state index in [1.54, 1.807) is 26.8 Å². The van der Waals surface area contributed by atoms with Crippen molar-refractivity contribution in [1.82, 2.24) is 10.3 Å². The van der Waals surface area contributed by atoms with Gasteiger partial charge in [-0.25, -0.2) is 9.78 Å². The summed E-state index contributed by atoms with van der Waals surface area (Å²) < 4.78 is 18.4. The summed E-state index contributed by atoms with van der Waals surface area (Å²) in [7, 11) is 0. The van der Waals surface area contributed by atoms with Gasteiger partial charge in [-0.1, -0.05) is 0 Å². The molecule has 94 valence electrons. The number of halogens is 2. The fraction of sp³-hybridized carbons (Fsp3) is 0.455. The van der Waals surface area contributed by atoms with Gasteiger partial charge >= 0.3 is 6.09 Å². The molecule has 6 heteroatoms. The Bertz CT molecular complexity index is 418. The second kappa shape index (κ2) is 5.44. The summed E-state index contributed by atoms with van der Waals surface area (Å²) in [5.41, 5.74) is -0.126. The van der Waals surface area contributed by atoms with E-state index in [1.165, 1.54) is 6.07 Å². The Morgan fingerprint density at radius 2 is 2.18 bits per heavy atom. The number of ether oxygens (including phenoxy) is 1. The van der Waals surface area contributed by atoms with E-state index in [4.69, 9.17) is 4.74 Å². The zero-order valence-electron chi connectivity index (χ0n) is 9.88. The molecule has 0 unspecified atom stereocenters. The molecule has 0 spiro atoms. The van der Waals surface area contributed by atoms with Crippen molar-refractivity contribution in [1.29, 1.82) is 0 Å². The van der Waals surface area contributed by atoms with Gasteiger partial charge in [0.2, 0.25) is 5.95 Å². The van der Waals surface area contributed by atoms with Crippen molar-refractivity contribution < 1.29 is 13.9 Å². The lowest BCUT2D eigenvalue weighted by molar-refractivity contribution is 0.0522. The lowest BCUT2D eigenvalue weighted by Crippen LogP contribution is -2.32. The van der Waals surface area contributed by atoms with Crippen molar-refractivity contribution >= 4 is 22.0 Å². The molecule has 0 saturated heterocycles. The minimum atomic E-state index is -0.603. The summed E-state index contributed by atoms with van der Waals surface area (Å²) in [6.45, 7) is 5.43. The Kier molecular flexibility index (Phi) is 4.45. The van der Waals surface area contributed by atoms with Gasteiger partial charge in [0.05, 0.1) is 16.7 Å². The summed E-state index contributed by atoms with van der Waals surface area (Å²) in [5, 5.41) is 2.50. The predicted octanol–water partition coefficient (Wildman–Crippen LogP) is 3.01. The molecule has 0 saturated carbocycles. The quantitative estimate of drug-likeness (QED) is 0.855. The maximum absolute atomic E-state index is 13.1. The van der Waals surface area contributed by atoms with E-state index < -0.39 is 17.6 Å². The van der Waals surface area contributed by atoms with Crippen LogP contribution in [0.15, 0.2) is 16.6 Å². The average molecular weight is 305 g/mol. The number of pyridine rings is 1. The van der Waals surface area contributed by atoms with Crippen LogP contribution in [-0.4, -0.2) is 16.7 Å². The minimum absolute atomic E-state index is 0.124. The molecule has 4 nitrogen and oxygen atoms in total. The zero-order valence-corrected chi connectivity index (χ0v) is 11.5. The number of hydrogen-bond acceptors (Lipinski definition) is 3. The van der Waals surface area contributed by atoms with E-state index in [0.29, 0.717) is 10.2 Å². The van der Waals surface area contributed by atoms with Crippen molar-refractivity contribution in [3.05, 3.63) is 28.2 Å². The molecule has 0 aliphatic rings. The molecule has 0 radical (unpaired) electrons. The molecule has 0 aromatic carbocycles. The highest BCUT2D eigenvalue weighted by atomic mass is 79.9. The molecule has 0 atom stereocenters. The third kappa shape index (κ3) is 5.12. The molecule has 0 aliphatic heterocycles. The van der Waals surface area contributed by atoms with Crippen LogP contribution in [0.1, 0.15) is 26.5 Å². The molecule has 1 amide bonds. The maximum atomic E-state index is 13.1. The number of alkyl carbamates (subject to hydrolysis) is 1. The predicted molar refractivity (Wildman–Crippen MR) is 65.0 cm³/mol. The van der Waals surface area contributed by atoms with Gasteiger partial charge in [-0.2, -0.15) is 4.39 Å². The van der Waals surface area contributed by atoms with Crippen LogP contribution >= 0.6 is 15.9 Å². The molecule has 1 aromatic rings. The molecule has 1 heterocycles. The van der Waals surface area contributed by atoms with Crippen LogP contribution < -0.4 is 5.32 Å². The Balaban J connectivity index is 2.50. The van der Waals surface area contributed by atoms with E-state index in [1.807, 2.05) is 0 Å². The van der Waals surface area contributed by atoms with Gasteiger partial charge in [-0.3, -0.25) is 0 Å². The SMILES string of the molecule is CC(C)(C)OC(=O)NCc1ccc(Br)c(F)n1. The van der Waals surface area contributed by atoms with Crippen LogP contribution in [0.2, 0.25) is 0 Å². The van der Waals surface area contributed by atoms with Crippen LogP contribution in [0.5, 0.6) is 0 Å². The monoisotopic (exact) mass is 304 g/mol. The van der Waals surface area contributed by atoms with Crippen LogP contribution in [0.25, 0.3) is 0 Å². The molecule has 17 heavy (non-hydrogen) atoms. The second-order valence-electron chi connectivity index (χ2n) is 4.43. The summed E-state index contributed by atoms with van der Waals surface area (Å²) >= 11 is 3.00. The zero-order chi connectivity index (χ0) is 13.1. The minimum Gasteiger partial charge on any atom is -0.444 e. The average Bonchev–Trinajstić information content (AvgIpc) is 2.17. The summed E-state index contributed by atoms with van der Waals surface area (Å²) in [6.07, 6.45) is -0.553. The molecule has 0 aliphatic carbocycles. The van der Waals surface area contributed by atoms with Gasteiger partial charge in [0.1, 0.15) is 5.60 Å². The number of nitrogens with zero attached hydrogens (tertiary/aromatic N) is 1. The van der Waals surface area contributed by atoms with Crippen molar-refractivity contribution in [2.24, 2.45) is 0 Å². The van der Waals surface area contributed by atoms with Gasteiger partial charge < -0.3 is 10.1 Å². The molecular weight excluding hydrogens is 291 g/mol. The second-order valence-corrected chi connectivity index (χ2v) is 5.29. The van der Waals surface area contributed by atoms with E-state index >= 15 is 0 Å². The number of aromatic nitrogens is 1. The number of carbonyl (C=O) groups excluding carboxylic acids is 1. The third-order valence-corrected chi connectivity index (χ3v) is 2.27. The van der Waals surface area contributed by atoms with Crippen LogP contribution in [-0.2, 0) is 11.3 Å². The molecule has 1 aromatic heterocycles. The largest absolute Gasteiger partial charge is 0.444 e. The first-order chi connectivity index (χ1) is 7.78. The van der Waals surface area contributed by atoms with E-state index in [-0.39, 0.29) is 6.54 Å². The van der Waals surface area contributed by atoms with Gasteiger partial charge in [-0.05, 0) is 48.8 Å². The highest BCUT2D eigenvalue weighted by molar-refractivity contribution is 9.10. The molecular formula is C11H14BrFN2O2. The summed E-state index contributed by atoms with van der Waals surface area (Å²) in [5.74, 6) is -0.603. The Morgan fingerprint density at radius 1 is 1.53 bits per heavy atom. The van der Waals surface area contributed by atoms with E-state index in [9.17, 15) is 9.18 Å². The van der Waals surface area contributed by atoms with Crippen LogP contribution in [0.3, 0.4) is 0 Å². The van der Waals surface area contributed by atoms with Crippen molar-refractivity contribution in [2.45, 2.75) is 32.9 Å². The van der Waals surface area contributed by atoms with Crippen molar-refractivity contribution in [3.63, 3.8) is 0 Å². The highest BCUT2D eigenvalue weighted by Gasteiger charge is 2.15. The fourth-order valence-electron chi connectivity index (χ4n) is 1.03. The van der Waals surface area contributed by atoms with Crippen molar-refractivity contribution in [2.75, 3.05) is 0 Å². The highest BCUT2D eigenvalue weighted by Crippen LogP contribution is 2.13. The maximum Gasteiger partial charge on any atom is 0.407 e. The van der Waals surface area contributed by atoms with Gasteiger partial charge in [-0.15, -0.1) is 0 Å². The van der Waals surface area contributed by atoms with Gasteiger partial charge in [0.15, 0.2) is 0 Å². The van der Waals surface area contributed by atoms with Crippen molar-refractivity contribution in [3.8, 4) is 0 Å². The molecule has 1 N–H and O–H groups in total. The smallest absolute Gasteiger partial charge is 0.407 e. The third-order valence-electron chi connectivity index (χ3n) is 1.67. The summed E-state index contributed by atoms with van der Waals surface area (Å²) in [6, 6.07) is 3.15. The normalized spacial score (nSPS) is 11.1. The number of hydrogen-bond donors (Lipinski definition) is 1. The standard InChI is InChI=1S/C11H14BrFN2O2/c1-11(2,3)17-10(16)14-6-7-4-5-8(12)9(13)15-7/h4-5H,6H2,1-3H3,(H,14,16). The Hall–Kier alpha value is -1.17. The first-order valence-electron chi connectivity index (χ1n) is 5.06. The number of amides is 1. The molecule has 0 bridgehead atoms. The summed E-state index contributed by atoms with van der Waals surface area (Å²) in [4.78, 5) is 15.0.